The fourth-order valence-corrected chi connectivity index (χ4v) is 1.46. The van der Waals surface area contributed by atoms with Crippen LogP contribution in [0.5, 0.6) is 0 Å². The first kappa shape index (κ1) is 11.2. The van der Waals surface area contributed by atoms with Crippen LogP contribution >= 0.6 is 0 Å². The third kappa shape index (κ3) is 3.12. The van der Waals surface area contributed by atoms with Gasteiger partial charge in [-0.15, -0.1) is 0 Å². The van der Waals surface area contributed by atoms with Crippen molar-refractivity contribution in [1.82, 2.24) is 15.1 Å². The minimum absolute atomic E-state index is 0.749. The molecule has 0 spiro atoms. The molecule has 0 aliphatic rings. The summed E-state index contributed by atoms with van der Waals surface area (Å²) >= 11 is 0. The van der Waals surface area contributed by atoms with E-state index in [1.165, 1.54) is 5.69 Å². The topological polar surface area (TPSA) is 55.9 Å². The zero-order chi connectivity index (χ0) is 10.4. The van der Waals surface area contributed by atoms with Gasteiger partial charge in [0, 0.05) is 13.1 Å². The highest BCUT2D eigenvalue weighted by Crippen LogP contribution is 2.02. The third-order valence-electron chi connectivity index (χ3n) is 2.15. The van der Waals surface area contributed by atoms with Crippen LogP contribution in [0.4, 0.5) is 0 Å². The number of aryl methyl sites for hydroxylation is 2. The van der Waals surface area contributed by atoms with Crippen LogP contribution in [0.2, 0.25) is 0 Å². The van der Waals surface area contributed by atoms with Crippen molar-refractivity contribution in [2.75, 3.05) is 13.1 Å². The summed E-state index contributed by atoms with van der Waals surface area (Å²) in [5.41, 5.74) is 7.75. The Hall–Kier alpha value is -0.870. The molecule has 4 heteroatoms. The summed E-state index contributed by atoms with van der Waals surface area (Å²) in [5.74, 6) is 0. The first-order valence-corrected chi connectivity index (χ1v) is 5.22. The molecule has 0 atom stereocenters. The Labute approximate surface area is 85.5 Å². The molecule has 80 valence electrons. The van der Waals surface area contributed by atoms with Crippen molar-refractivity contribution in [2.24, 2.45) is 5.73 Å². The fraction of sp³-hybridized carbons (Fsp3) is 0.700. The van der Waals surface area contributed by atoms with Crippen LogP contribution in [0, 0.1) is 6.92 Å². The first-order valence-electron chi connectivity index (χ1n) is 5.22. The lowest BCUT2D eigenvalue weighted by Crippen LogP contribution is -2.19. The molecule has 3 N–H and O–H groups in total. The van der Waals surface area contributed by atoms with E-state index >= 15 is 0 Å². The normalized spacial score (nSPS) is 10.8. The van der Waals surface area contributed by atoms with Gasteiger partial charge in [-0.25, -0.2) is 0 Å². The summed E-state index contributed by atoms with van der Waals surface area (Å²) in [6.45, 7) is 7.67. The van der Waals surface area contributed by atoms with E-state index in [9.17, 15) is 0 Å². The molecular formula is C10H20N4. The Balaban J connectivity index is 2.41. The van der Waals surface area contributed by atoms with Gasteiger partial charge in [-0.1, -0.05) is 0 Å². The maximum atomic E-state index is 5.41. The standard InChI is InChI=1S/C10H20N4/c1-3-14-10(7-9(2)13-14)8-12-6-4-5-11/h7,12H,3-6,8,11H2,1-2H3. The van der Waals surface area contributed by atoms with Crippen LogP contribution in [-0.2, 0) is 13.1 Å². The SMILES string of the molecule is CCn1nc(C)cc1CNCCCN. The second-order valence-corrected chi connectivity index (χ2v) is 3.41. The smallest absolute Gasteiger partial charge is 0.0597 e. The molecule has 1 heterocycles. The lowest BCUT2D eigenvalue weighted by atomic mass is 10.3. The molecule has 1 rings (SSSR count). The molecule has 0 bridgehead atoms. The van der Waals surface area contributed by atoms with Gasteiger partial charge in [0.25, 0.3) is 0 Å². The second kappa shape index (κ2) is 5.78. The molecule has 0 amide bonds. The fourth-order valence-electron chi connectivity index (χ4n) is 1.46. The molecule has 0 aliphatic carbocycles. The average Bonchev–Trinajstić information content (AvgIpc) is 2.54. The zero-order valence-corrected chi connectivity index (χ0v) is 9.08. The molecule has 0 saturated carbocycles. The number of hydrogen-bond donors (Lipinski definition) is 2. The van der Waals surface area contributed by atoms with E-state index in [0.29, 0.717) is 0 Å². The number of nitrogens with zero attached hydrogens (tertiary/aromatic N) is 2. The van der Waals surface area contributed by atoms with E-state index < -0.39 is 0 Å². The van der Waals surface area contributed by atoms with E-state index in [1.54, 1.807) is 0 Å². The summed E-state index contributed by atoms with van der Waals surface area (Å²) in [6, 6.07) is 2.12. The van der Waals surface area contributed by atoms with Crippen molar-refractivity contribution in [3.63, 3.8) is 0 Å². The molecular weight excluding hydrogens is 176 g/mol. The van der Waals surface area contributed by atoms with E-state index in [1.807, 2.05) is 11.6 Å². The molecule has 0 aliphatic heterocycles. The highest BCUT2D eigenvalue weighted by atomic mass is 15.3. The molecule has 4 nitrogen and oxygen atoms in total. The second-order valence-electron chi connectivity index (χ2n) is 3.41. The minimum Gasteiger partial charge on any atom is -0.330 e. The Morgan fingerprint density at radius 3 is 3.00 bits per heavy atom. The van der Waals surface area contributed by atoms with Crippen molar-refractivity contribution in [1.29, 1.82) is 0 Å². The van der Waals surface area contributed by atoms with Crippen LogP contribution in [-0.4, -0.2) is 22.9 Å². The van der Waals surface area contributed by atoms with E-state index in [4.69, 9.17) is 5.73 Å². The van der Waals surface area contributed by atoms with Crippen molar-refractivity contribution in [2.45, 2.75) is 33.4 Å². The maximum absolute atomic E-state index is 5.41. The van der Waals surface area contributed by atoms with Gasteiger partial charge in [-0.2, -0.15) is 5.10 Å². The predicted molar refractivity (Wildman–Crippen MR) is 58.0 cm³/mol. The van der Waals surface area contributed by atoms with Gasteiger partial charge in [0.2, 0.25) is 0 Å². The number of aromatic nitrogens is 2. The molecule has 1 aromatic rings. The van der Waals surface area contributed by atoms with E-state index in [0.717, 1.165) is 38.3 Å². The molecule has 0 fully saturated rings. The molecule has 0 aromatic carbocycles. The van der Waals surface area contributed by atoms with Gasteiger partial charge in [0.1, 0.15) is 0 Å². The molecule has 0 saturated heterocycles. The van der Waals surface area contributed by atoms with Gasteiger partial charge in [-0.3, -0.25) is 4.68 Å². The van der Waals surface area contributed by atoms with E-state index in [-0.39, 0.29) is 0 Å². The summed E-state index contributed by atoms with van der Waals surface area (Å²) in [5, 5.41) is 7.73. The monoisotopic (exact) mass is 196 g/mol. The van der Waals surface area contributed by atoms with Gasteiger partial charge < -0.3 is 11.1 Å². The van der Waals surface area contributed by atoms with Gasteiger partial charge in [0.15, 0.2) is 0 Å². The maximum Gasteiger partial charge on any atom is 0.0597 e. The lowest BCUT2D eigenvalue weighted by molar-refractivity contribution is 0.573. The lowest BCUT2D eigenvalue weighted by Gasteiger charge is -2.05. The molecule has 1 aromatic heterocycles. The quantitative estimate of drug-likeness (QED) is 0.657. The Bertz CT molecular complexity index is 267. The summed E-state index contributed by atoms with van der Waals surface area (Å²) in [4.78, 5) is 0. The minimum atomic E-state index is 0.749. The van der Waals surface area contributed by atoms with Gasteiger partial charge in [0.05, 0.1) is 11.4 Å². The zero-order valence-electron chi connectivity index (χ0n) is 9.08. The van der Waals surface area contributed by atoms with Crippen molar-refractivity contribution in [3.8, 4) is 0 Å². The number of nitrogens with two attached hydrogens (primary N) is 1. The van der Waals surface area contributed by atoms with Crippen molar-refractivity contribution in [3.05, 3.63) is 17.5 Å². The van der Waals surface area contributed by atoms with Crippen molar-refractivity contribution >= 4 is 0 Å². The summed E-state index contributed by atoms with van der Waals surface area (Å²) < 4.78 is 2.03. The number of rotatable bonds is 6. The number of hydrogen-bond acceptors (Lipinski definition) is 3. The van der Waals surface area contributed by atoms with Crippen LogP contribution in [0.15, 0.2) is 6.07 Å². The Morgan fingerprint density at radius 2 is 2.36 bits per heavy atom. The molecule has 0 radical (unpaired) electrons. The average molecular weight is 196 g/mol. The summed E-state index contributed by atoms with van der Waals surface area (Å²) in [7, 11) is 0. The Kier molecular flexibility index (Phi) is 4.62. The van der Waals surface area contributed by atoms with Gasteiger partial charge in [-0.05, 0) is 39.4 Å². The van der Waals surface area contributed by atoms with Gasteiger partial charge >= 0.3 is 0 Å². The van der Waals surface area contributed by atoms with Crippen LogP contribution < -0.4 is 11.1 Å². The molecule has 14 heavy (non-hydrogen) atoms. The van der Waals surface area contributed by atoms with Crippen LogP contribution in [0.3, 0.4) is 0 Å². The largest absolute Gasteiger partial charge is 0.330 e. The number of nitrogens with one attached hydrogen (secondary N) is 1. The predicted octanol–water partition coefficient (Wildman–Crippen LogP) is 0.650. The Morgan fingerprint density at radius 1 is 1.57 bits per heavy atom. The van der Waals surface area contributed by atoms with E-state index in [2.05, 4.69) is 23.4 Å². The highest BCUT2D eigenvalue weighted by Gasteiger charge is 2.02. The van der Waals surface area contributed by atoms with Crippen LogP contribution in [0.25, 0.3) is 0 Å². The van der Waals surface area contributed by atoms with Crippen LogP contribution in [0.1, 0.15) is 24.7 Å². The van der Waals surface area contributed by atoms with Crippen molar-refractivity contribution < 1.29 is 0 Å². The third-order valence-corrected chi connectivity index (χ3v) is 2.15. The molecule has 0 unspecified atom stereocenters. The first-order chi connectivity index (χ1) is 6.77. The highest BCUT2D eigenvalue weighted by molar-refractivity contribution is 5.08. The summed E-state index contributed by atoms with van der Waals surface area (Å²) in [6.07, 6.45) is 1.03.